The monoisotopic (exact) mass is 1020 g/mol. The molecule has 1 atom stereocenters. The molecule has 0 radical (unpaired) electrons. The van der Waals surface area contributed by atoms with Crippen LogP contribution < -0.4 is 5.73 Å². The third kappa shape index (κ3) is 50.7. The maximum Gasteiger partial charge on any atom is 0.334 e. The first-order valence-electron chi connectivity index (χ1n) is 33.1. The van der Waals surface area contributed by atoms with Crippen LogP contribution in [-0.2, 0) is 23.9 Å². The number of carbonyl (C=O) groups is 3. The number of carbonyl (C=O) groups excluding carboxylic acids is 3. The summed E-state index contributed by atoms with van der Waals surface area (Å²) in [6.45, 7) is 7.39. The van der Waals surface area contributed by atoms with Crippen LogP contribution >= 0.6 is 0 Å². The number of hydrogen-bond acceptors (Lipinski definition) is 6. The van der Waals surface area contributed by atoms with Crippen LogP contribution in [0.5, 0.6) is 0 Å². The highest BCUT2D eigenvalue weighted by Crippen LogP contribution is 2.21. The lowest BCUT2D eigenvalue weighted by Crippen LogP contribution is -2.57. The summed E-state index contributed by atoms with van der Waals surface area (Å²) >= 11 is 0. The van der Waals surface area contributed by atoms with E-state index in [1.165, 1.54) is 295 Å². The van der Waals surface area contributed by atoms with Crippen molar-refractivity contribution >= 4 is 17.7 Å². The maximum absolute atomic E-state index is 13.6. The Kier molecular flexibility index (Phi) is 57.7. The lowest BCUT2D eigenvalue weighted by Gasteiger charge is -2.25. The van der Waals surface area contributed by atoms with Gasteiger partial charge in [0.25, 0.3) is 0 Å². The van der Waals surface area contributed by atoms with Crippen molar-refractivity contribution in [2.75, 3.05) is 13.2 Å². The van der Waals surface area contributed by atoms with Gasteiger partial charge in [-0.3, -0.25) is 9.59 Å². The van der Waals surface area contributed by atoms with Gasteiger partial charge >= 0.3 is 11.9 Å². The van der Waals surface area contributed by atoms with E-state index in [4.69, 9.17) is 15.2 Å². The number of unbranched alkanes of at least 4 members (excludes halogenated alkanes) is 52. The Bertz CT molecular complexity index is 1110. The Labute approximate surface area is 451 Å². The van der Waals surface area contributed by atoms with Gasteiger partial charge in [-0.05, 0) is 19.3 Å². The van der Waals surface area contributed by atoms with Gasteiger partial charge in [-0.15, -0.1) is 0 Å². The maximum atomic E-state index is 13.6. The molecule has 0 spiro atoms. The Morgan fingerprint density at radius 3 is 0.708 bits per heavy atom. The van der Waals surface area contributed by atoms with Gasteiger partial charge in [0.2, 0.25) is 0 Å². The Morgan fingerprint density at radius 2 is 0.472 bits per heavy atom. The second-order valence-corrected chi connectivity index (χ2v) is 23.1. The molecule has 6 heteroatoms. The number of ketones is 1. The molecule has 0 rings (SSSR count). The molecule has 0 aromatic rings. The summed E-state index contributed by atoms with van der Waals surface area (Å²) in [6, 6.07) is 0. The second kappa shape index (κ2) is 58.8. The third-order valence-corrected chi connectivity index (χ3v) is 15.8. The number of esters is 2. The van der Waals surface area contributed by atoms with E-state index in [1.807, 2.05) is 0 Å². The van der Waals surface area contributed by atoms with E-state index in [0.29, 0.717) is 13.0 Å². The van der Waals surface area contributed by atoms with Crippen molar-refractivity contribution in [3.05, 3.63) is 0 Å². The summed E-state index contributed by atoms with van der Waals surface area (Å²) in [5.74, 6) is -1.72. The Hall–Kier alpha value is -1.43. The van der Waals surface area contributed by atoms with Crippen molar-refractivity contribution in [3.63, 3.8) is 0 Å². The zero-order valence-electron chi connectivity index (χ0n) is 49.3. The Morgan fingerprint density at radius 1 is 0.278 bits per heavy atom. The Balaban J connectivity index is 4.37. The first kappa shape index (κ1) is 70.6. The van der Waals surface area contributed by atoms with Gasteiger partial charge in [0.05, 0.1) is 19.6 Å². The zero-order chi connectivity index (χ0) is 52.4. The number of rotatable bonds is 62. The van der Waals surface area contributed by atoms with E-state index < -0.39 is 23.9 Å². The molecule has 0 aliphatic heterocycles. The predicted molar refractivity (Wildman–Crippen MR) is 314 cm³/mol. The topological polar surface area (TPSA) is 95.7 Å². The lowest BCUT2D eigenvalue weighted by molar-refractivity contribution is -0.160. The van der Waals surface area contributed by atoms with Gasteiger partial charge in [0.1, 0.15) is 0 Å². The molecule has 0 aromatic heterocycles. The SMILES string of the molecule is CCCCCCCCCCCCCCCCCCCCCCOC(=O)C[C@@](N)(C(=O)CCCCCCCCCCCCCCCCC)C(=O)OCCCCCCCCCCCCCCCCCCCCCC. The summed E-state index contributed by atoms with van der Waals surface area (Å²) in [5, 5.41) is 0. The average Bonchev–Trinajstić information content (AvgIpc) is 3.38. The van der Waals surface area contributed by atoms with Crippen LogP contribution in [0.4, 0.5) is 0 Å². The fourth-order valence-electron chi connectivity index (χ4n) is 10.6. The van der Waals surface area contributed by atoms with Gasteiger partial charge in [0, 0.05) is 6.42 Å². The highest BCUT2D eigenvalue weighted by Gasteiger charge is 2.45. The number of nitrogens with two attached hydrogens (primary N) is 1. The van der Waals surface area contributed by atoms with Gasteiger partial charge in [-0.25, -0.2) is 4.79 Å². The van der Waals surface area contributed by atoms with E-state index in [0.717, 1.165) is 51.4 Å². The van der Waals surface area contributed by atoms with Gasteiger partial charge < -0.3 is 15.2 Å². The molecular formula is C66H129NO5. The molecule has 2 N–H and O–H groups in total. The minimum absolute atomic E-state index is 0.190. The standard InChI is InChI=1S/C66H129NO5/c1-4-7-10-13-16-19-22-25-28-30-32-34-36-39-42-45-48-51-54-57-60-71-64(69)62-66(67,63(68)59-56-53-50-47-44-41-38-27-24-21-18-15-12-9-6-3)65(70)72-61-58-55-52-49-46-43-40-37-35-33-31-29-26-23-20-17-14-11-8-5-2/h4-62,67H2,1-3H3/t66-/m1/s1. The molecule has 72 heavy (non-hydrogen) atoms. The molecule has 0 aliphatic rings. The fourth-order valence-corrected chi connectivity index (χ4v) is 10.6. The van der Waals surface area contributed by atoms with Crippen LogP contribution in [0.2, 0.25) is 0 Å². The van der Waals surface area contributed by atoms with Crippen LogP contribution in [0.1, 0.15) is 387 Å². The normalized spacial score (nSPS) is 12.4. The molecule has 0 unspecified atom stereocenters. The van der Waals surface area contributed by atoms with Crippen LogP contribution in [0.25, 0.3) is 0 Å². The summed E-state index contributed by atoms with van der Waals surface area (Å²) in [6.07, 6.45) is 71.0. The molecule has 0 aliphatic carbocycles. The summed E-state index contributed by atoms with van der Waals surface area (Å²) in [4.78, 5) is 40.2. The summed E-state index contributed by atoms with van der Waals surface area (Å²) in [5.41, 5.74) is 4.61. The number of Topliss-reactive ketones (excluding diaryl/α,β-unsaturated/α-hetero) is 1. The largest absolute Gasteiger partial charge is 0.466 e. The molecule has 0 heterocycles. The van der Waals surface area contributed by atoms with E-state index in [2.05, 4.69) is 20.8 Å². The highest BCUT2D eigenvalue weighted by atomic mass is 16.5. The van der Waals surface area contributed by atoms with Gasteiger partial charge in [-0.1, -0.05) is 355 Å². The molecule has 0 fully saturated rings. The predicted octanol–water partition coefficient (Wildman–Crippen LogP) is 21.6. The van der Waals surface area contributed by atoms with Crippen LogP contribution in [0.15, 0.2) is 0 Å². The van der Waals surface area contributed by atoms with Crippen LogP contribution in [0, 0.1) is 0 Å². The minimum Gasteiger partial charge on any atom is -0.466 e. The molecule has 428 valence electrons. The molecule has 0 aromatic carbocycles. The molecule has 0 bridgehead atoms. The summed E-state index contributed by atoms with van der Waals surface area (Å²) in [7, 11) is 0. The van der Waals surface area contributed by atoms with Crippen molar-refractivity contribution in [2.24, 2.45) is 5.73 Å². The number of ether oxygens (including phenoxy) is 2. The van der Waals surface area contributed by atoms with E-state index in [1.54, 1.807) is 0 Å². The van der Waals surface area contributed by atoms with E-state index in [-0.39, 0.29) is 18.8 Å². The summed E-state index contributed by atoms with van der Waals surface area (Å²) < 4.78 is 11.2. The van der Waals surface area contributed by atoms with Gasteiger partial charge in [0.15, 0.2) is 11.3 Å². The first-order valence-corrected chi connectivity index (χ1v) is 33.1. The molecule has 0 saturated carbocycles. The molecular weight excluding hydrogens is 887 g/mol. The smallest absolute Gasteiger partial charge is 0.334 e. The zero-order valence-corrected chi connectivity index (χ0v) is 49.3. The number of hydrogen-bond donors (Lipinski definition) is 1. The van der Waals surface area contributed by atoms with E-state index >= 15 is 0 Å². The molecule has 6 nitrogen and oxygen atoms in total. The van der Waals surface area contributed by atoms with Gasteiger partial charge in [-0.2, -0.15) is 0 Å². The van der Waals surface area contributed by atoms with Crippen LogP contribution in [0.3, 0.4) is 0 Å². The van der Waals surface area contributed by atoms with Crippen molar-refractivity contribution in [1.29, 1.82) is 0 Å². The first-order chi connectivity index (χ1) is 35.4. The average molecular weight is 1020 g/mol. The van der Waals surface area contributed by atoms with Crippen molar-refractivity contribution in [1.82, 2.24) is 0 Å². The van der Waals surface area contributed by atoms with Crippen molar-refractivity contribution < 1.29 is 23.9 Å². The highest BCUT2D eigenvalue weighted by molar-refractivity contribution is 6.10. The lowest BCUT2D eigenvalue weighted by atomic mass is 9.88. The van der Waals surface area contributed by atoms with Crippen molar-refractivity contribution in [2.45, 2.75) is 392 Å². The molecule has 0 amide bonds. The van der Waals surface area contributed by atoms with Crippen molar-refractivity contribution in [3.8, 4) is 0 Å². The molecule has 0 saturated heterocycles. The minimum atomic E-state index is -1.98. The van der Waals surface area contributed by atoms with Crippen LogP contribution in [-0.4, -0.2) is 36.5 Å². The fraction of sp³-hybridized carbons (Fsp3) is 0.955. The van der Waals surface area contributed by atoms with E-state index in [9.17, 15) is 14.4 Å². The second-order valence-electron chi connectivity index (χ2n) is 23.1. The quantitative estimate of drug-likeness (QED) is 0.0370. The third-order valence-electron chi connectivity index (χ3n) is 15.8.